The van der Waals surface area contributed by atoms with Gasteiger partial charge in [0, 0.05) is 25.2 Å². The van der Waals surface area contributed by atoms with Crippen molar-refractivity contribution in [2.45, 2.75) is 68.5 Å². The van der Waals surface area contributed by atoms with Gasteiger partial charge in [0.1, 0.15) is 37.6 Å². The lowest BCUT2D eigenvalue weighted by Crippen LogP contribution is -2.70. The average Bonchev–Trinajstić information content (AvgIpc) is 3.72. The van der Waals surface area contributed by atoms with Gasteiger partial charge in [0.05, 0.1) is 27.8 Å². The number of Topliss-reactive ketones (excluding diaryl/α,β-unsaturated/α-hetero) is 2. The largest absolute Gasteiger partial charge is 0.463 e. The minimum absolute atomic E-state index is 0.00736. The molecule has 0 saturated carbocycles. The third-order valence-corrected chi connectivity index (χ3v) is 12.6. The molecule has 19 heteroatoms. The van der Waals surface area contributed by atoms with E-state index < -0.39 is 122 Å². The number of rotatable bonds is 17. The van der Waals surface area contributed by atoms with Crippen molar-refractivity contribution in [3.63, 3.8) is 0 Å². The number of carbonyl (C=O) groups excluding carboxylic acids is 8. The van der Waals surface area contributed by atoms with Crippen LogP contribution in [0.3, 0.4) is 0 Å². The van der Waals surface area contributed by atoms with Crippen molar-refractivity contribution < 1.29 is 85.7 Å². The number of carbonyl (C=O) groups is 8. The predicted molar refractivity (Wildman–Crippen MR) is 266 cm³/mol. The minimum Gasteiger partial charge on any atom is -0.463 e. The van der Waals surface area contributed by atoms with Crippen molar-refractivity contribution in [2.24, 2.45) is 0 Å². The van der Waals surface area contributed by atoms with Crippen LogP contribution in [-0.4, -0.2) is 134 Å². The Bertz CT molecular complexity index is 3050. The summed E-state index contributed by atoms with van der Waals surface area (Å²) in [6, 6.07) is 42.9. The van der Waals surface area contributed by atoms with Crippen LogP contribution in [0.25, 0.3) is 0 Å². The number of ketones is 2. The smallest absolute Gasteiger partial charge is 0.339 e. The van der Waals surface area contributed by atoms with E-state index in [1.165, 1.54) is 79.9 Å². The summed E-state index contributed by atoms with van der Waals surface area (Å²) in [6.45, 7) is -0.292. The van der Waals surface area contributed by atoms with Gasteiger partial charge in [0.2, 0.25) is 6.41 Å². The van der Waals surface area contributed by atoms with Crippen molar-refractivity contribution in [3.8, 4) is 0 Å². The highest BCUT2D eigenvalue weighted by atomic mass is 16.8. The molecule has 9 unspecified atom stereocenters. The zero-order chi connectivity index (χ0) is 54.0. The van der Waals surface area contributed by atoms with Gasteiger partial charge >= 0.3 is 35.8 Å². The molecule has 0 N–H and O–H groups in total. The average molecular weight is 1050 g/mol. The number of nitrogens with zero attached hydrogens (tertiary/aromatic N) is 1. The molecule has 0 amide bonds. The first kappa shape index (κ1) is 53.1. The van der Waals surface area contributed by atoms with Crippen molar-refractivity contribution in [1.29, 1.82) is 0 Å². The lowest BCUT2D eigenvalue weighted by molar-refractivity contribution is -0.378. The second-order valence-corrected chi connectivity index (χ2v) is 17.6. The molecule has 9 atom stereocenters. The summed E-state index contributed by atoms with van der Waals surface area (Å²) in [4.78, 5) is 114. The molecule has 9 rings (SSSR count). The van der Waals surface area contributed by atoms with E-state index in [0.717, 1.165) is 11.8 Å². The molecular weight excluding hydrogens is 999 g/mol. The third kappa shape index (κ3) is 12.0. The van der Waals surface area contributed by atoms with Crippen molar-refractivity contribution in [3.05, 3.63) is 215 Å². The van der Waals surface area contributed by atoms with Gasteiger partial charge in [-0.15, -0.1) is 0 Å². The molecule has 2 heterocycles. The van der Waals surface area contributed by atoms with Gasteiger partial charge in [-0.3, -0.25) is 14.4 Å². The van der Waals surface area contributed by atoms with E-state index in [4.69, 9.17) is 47.4 Å². The fourth-order valence-corrected chi connectivity index (χ4v) is 8.97. The first-order valence-electron chi connectivity index (χ1n) is 24.2. The van der Waals surface area contributed by atoms with E-state index in [0.29, 0.717) is 0 Å². The molecule has 6 aromatic rings. The van der Waals surface area contributed by atoms with E-state index >= 15 is 0 Å². The summed E-state index contributed by atoms with van der Waals surface area (Å²) >= 11 is 0. The SMILES string of the molecule is COC1OC(COC(C)=O)C(OC2OC(COC(=O)c3ccccc3)C(OC(=O)c3ccccc3)C(OC(=O)c3ccccc3)C2OC(=O)c2ccccc2)C(OC(=O)c2ccccc2)N1C1C(=O)c2ccccc2C1=O. The molecule has 19 nitrogen and oxygen atoms in total. The number of hydrogen-bond acceptors (Lipinski definition) is 19. The maximum absolute atomic E-state index is 14.5. The van der Waals surface area contributed by atoms with E-state index in [1.54, 1.807) is 103 Å². The predicted octanol–water partition coefficient (Wildman–Crippen LogP) is 6.46. The van der Waals surface area contributed by atoms with E-state index in [1.807, 2.05) is 0 Å². The summed E-state index contributed by atoms with van der Waals surface area (Å²) < 4.78 is 62.1. The Morgan fingerprint density at radius 2 is 0.818 bits per heavy atom. The Labute approximate surface area is 440 Å². The first-order valence-corrected chi connectivity index (χ1v) is 24.2. The van der Waals surface area contributed by atoms with Gasteiger partial charge in [-0.2, -0.15) is 4.90 Å². The minimum atomic E-state index is -2.07. The number of hydrogen-bond donors (Lipinski definition) is 0. The molecule has 6 aromatic carbocycles. The summed E-state index contributed by atoms with van der Waals surface area (Å²) in [5.74, 6) is -7.10. The third-order valence-electron chi connectivity index (χ3n) is 12.6. The van der Waals surface area contributed by atoms with Gasteiger partial charge in [0.25, 0.3) is 0 Å². The quantitative estimate of drug-likeness (QED) is 0.0542. The molecule has 2 fully saturated rings. The zero-order valence-corrected chi connectivity index (χ0v) is 41.2. The van der Waals surface area contributed by atoms with Crippen LogP contribution in [0.2, 0.25) is 0 Å². The number of fused-ring (bicyclic) bond motifs is 1. The second kappa shape index (κ2) is 24.3. The fraction of sp³-hybridized carbons (Fsp3) is 0.241. The highest BCUT2D eigenvalue weighted by molar-refractivity contribution is 6.29. The molecule has 77 heavy (non-hydrogen) atoms. The number of ether oxygens (including phenoxy) is 10. The van der Waals surface area contributed by atoms with E-state index in [2.05, 4.69) is 0 Å². The Morgan fingerprint density at radius 3 is 1.26 bits per heavy atom. The second-order valence-electron chi connectivity index (χ2n) is 17.6. The van der Waals surface area contributed by atoms with Gasteiger partial charge < -0.3 is 47.4 Å². The van der Waals surface area contributed by atoms with Gasteiger partial charge in [-0.25, -0.2) is 24.0 Å². The number of methoxy groups -OCH3 is 1. The molecule has 2 aliphatic heterocycles. The summed E-state index contributed by atoms with van der Waals surface area (Å²) in [6.07, 6.45) is -16.5. The normalized spacial score (nSPS) is 23.2. The first-order chi connectivity index (χ1) is 37.4. The lowest BCUT2D eigenvalue weighted by Gasteiger charge is -2.50. The fourth-order valence-electron chi connectivity index (χ4n) is 8.97. The molecule has 0 bridgehead atoms. The van der Waals surface area contributed by atoms with Gasteiger partial charge in [-0.1, -0.05) is 115 Å². The molecule has 0 spiro atoms. The summed E-state index contributed by atoms with van der Waals surface area (Å²) in [5.41, 5.74) is 0.256. The monoisotopic (exact) mass is 1050 g/mol. The molecule has 3 aliphatic rings. The Hall–Kier alpha value is -8.72. The van der Waals surface area contributed by atoms with Crippen LogP contribution in [0.5, 0.6) is 0 Å². The molecular formula is C58H49NO18. The maximum atomic E-state index is 14.5. The number of benzene rings is 6. The molecule has 0 radical (unpaired) electrons. The molecule has 2 saturated heterocycles. The van der Waals surface area contributed by atoms with Crippen LogP contribution in [0.4, 0.5) is 0 Å². The molecule has 394 valence electrons. The van der Waals surface area contributed by atoms with Crippen LogP contribution in [0.15, 0.2) is 176 Å². The van der Waals surface area contributed by atoms with E-state index in [-0.39, 0.29) is 38.9 Å². The zero-order valence-electron chi connectivity index (χ0n) is 41.2. The highest BCUT2D eigenvalue weighted by Gasteiger charge is 2.60. The van der Waals surface area contributed by atoms with E-state index in [9.17, 15) is 38.4 Å². The Kier molecular flexibility index (Phi) is 16.8. The summed E-state index contributed by atoms with van der Waals surface area (Å²) in [7, 11) is 1.20. The van der Waals surface area contributed by atoms with Crippen LogP contribution in [0, 0.1) is 0 Å². The van der Waals surface area contributed by atoms with Gasteiger partial charge in [-0.05, 0) is 60.7 Å². The Balaban J connectivity index is 1.21. The van der Waals surface area contributed by atoms with Gasteiger partial charge in [0.15, 0.2) is 42.4 Å². The maximum Gasteiger partial charge on any atom is 0.339 e. The lowest BCUT2D eigenvalue weighted by atomic mass is 9.97. The highest BCUT2D eigenvalue weighted by Crippen LogP contribution is 2.39. The van der Waals surface area contributed by atoms with Crippen LogP contribution in [0.1, 0.15) is 79.4 Å². The Morgan fingerprint density at radius 1 is 0.442 bits per heavy atom. The van der Waals surface area contributed by atoms with Crippen LogP contribution >= 0.6 is 0 Å². The van der Waals surface area contributed by atoms with Crippen molar-refractivity contribution >= 4 is 47.4 Å². The van der Waals surface area contributed by atoms with Crippen molar-refractivity contribution in [1.82, 2.24) is 4.90 Å². The van der Waals surface area contributed by atoms with Crippen LogP contribution in [-0.2, 0) is 52.2 Å². The number of esters is 6. The topological polar surface area (TPSA) is 232 Å². The van der Waals surface area contributed by atoms with Crippen LogP contribution < -0.4 is 0 Å². The summed E-state index contributed by atoms with van der Waals surface area (Å²) in [5, 5.41) is 0. The standard InChI is InChI=1S/C58H49NO18/c1-34(60)69-32-43-48(51(77-56(67)39-28-16-7-17-29-39)59(58(68-2)72-43)44-45(61)40-30-18-19-31-41(40)46(44)62)76-57-50(75-55(66)38-26-14-6-15-27-38)49(74-54(65)37-24-12-5-13-25-37)47(73-53(64)36-22-10-4-11-23-36)42(71-57)33-70-52(63)35-20-8-3-9-21-35/h3-31,42-44,47-51,57-58H,32-33H2,1-2H3. The van der Waals surface area contributed by atoms with Crippen molar-refractivity contribution in [2.75, 3.05) is 20.3 Å². The molecule has 0 aromatic heterocycles. The molecule has 1 aliphatic carbocycles.